The number of nitrogens with one attached hydrogen (secondary N) is 1. The molecule has 0 radical (unpaired) electrons. The molecule has 3 heteroatoms. The van der Waals surface area contributed by atoms with E-state index in [4.69, 9.17) is 0 Å². The Labute approximate surface area is 101 Å². The highest BCUT2D eigenvalue weighted by Crippen LogP contribution is 2.32. The Balaban J connectivity index is 2.55. The molecule has 1 aromatic carbocycles. The first-order chi connectivity index (χ1) is 7.93. The maximum Gasteiger partial charge on any atom is 0.219 e. The number of benzene rings is 1. The summed E-state index contributed by atoms with van der Waals surface area (Å²) in [5.74, 6) is -0.719. The van der Waals surface area contributed by atoms with Gasteiger partial charge in [0.15, 0.2) is 5.78 Å². The molecular formula is C14H17NO2. The van der Waals surface area contributed by atoms with E-state index < -0.39 is 6.04 Å². The summed E-state index contributed by atoms with van der Waals surface area (Å²) in [7, 11) is 0. The van der Waals surface area contributed by atoms with Crippen molar-refractivity contribution < 1.29 is 9.59 Å². The van der Waals surface area contributed by atoms with Gasteiger partial charge in [-0.3, -0.25) is 14.9 Å². The van der Waals surface area contributed by atoms with Crippen molar-refractivity contribution in [2.75, 3.05) is 0 Å². The lowest BCUT2D eigenvalue weighted by molar-refractivity contribution is -0.136. The zero-order valence-electron chi connectivity index (χ0n) is 10.7. The minimum Gasteiger partial charge on any atom is -0.299 e. The van der Waals surface area contributed by atoms with Gasteiger partial charge in [0, 0.05) is 13.5 Å². The van der Waals surface area contributed by atoms with Gasteiger partial charge in [0.05, 0.1) is 0 Å². The number of fused-ring (bicyclic) bond motifs is 1. The largest absolute Gasteiger partial charge is 0.299 e. The molecule has 1 heterocycles. The van der Waals surface area contributed by atoms with Crippen LogP contribution in [-0.2, 0) is 16.1 Å². The maximum atomic E-state index is 11.8. The zero-order valence-corrected chi connectivity index (χ0v) is 10.7. The van der Waals surface area contributed by atoms with E-state index in [2.05, 4.69) is 25.2 Å². The van der Waals surface area contributed by atoms with Crippen LogP contribution < -0.4 is 5.32 Å². The smallest absolute Gasteiger partial charge is 0.219 e. The lowest BCUT2D eigenvalue weighted by Crippen LogP contribution is -2.27. The fourth-order valence-corrected chi connectivity index (χ4v) is 2.48. The monoisotopic (exact) mass is 231 g/mol. The molecule has 17 heavy (non-hydrogen) atoms. The summed E-state index contributed by atoms with van der Waals surface area (Å²) in [6.07, 6.45) is 0. The summed E-state index contributed by atoms with van der Waals surface area (Å²) >= 11 is 0. The summed E-state index contributed by atoms with van der Waals surface area (Å²) in [5.41, 5.74) is 5.72. The van der Waals surface area contributed by atoms with Crippen LogP contribution in [0.3, 0.4) is 0 Å². The predicted octanol–water partition coefficient (Wildman–Crippen LogP) is 1.91. The summed E-state index contributed by atoms with van der Waals surface area (Å²) in [5, 5.41) is 3.13. The van der Waals surface area contributed by atoms with Crippen molar-refractivity contribution in [3.8, 4) is 0 Å². The zero-order chi connectivity index (χ0) is 12.7. The third-order valence-corrected chi connectivity index (χ3v) is 3.69. The molecule has 0 amide bonds. The summed E-state index contributed by atoms with van der Waals surface area (Å²) in [4.78, 5) is 23.1. The highest BCUT2D eigenvalue weighted by Gasteiger charge is 2.32. The van der Waals surface area contributed by atoms with E-state index in [1.165, 1.54) is 18.1 Å². The van der Waals surface area contributed by atoms with Gasteiger partial charge < -0.3 is 0 Å². The molecule has 0 fully saturated rings. The van der Waals surface area contributed by atoms with E-state index in [-0.39, 0.29) is 11.6 Å². The molecule has 0 bridgehead atoms. The van der Waals surface area contributed by atoms with E-state index in [9.17, 15) is 9.59 Å². The van der Waals surface area contributed by atoms with Crippen LogP contribution >= 0.6 is 0 Å². The number of aryl methyl sites for hydroxylation is 1. The quantitative estimate of drug-likeness (QED) is 0.791. The molecule has 1 aromatic rings. The number of rotatable bonds is 2. The minimum absolute atomic E-state index is 0.338. The molecule has 1 aliphatic heterocycles. The molecule has 2 rings (SSSR count). The number of hydrogen-bond donors (Lipinski definition) is 1. The normalized spacial score (nSPS) is 18.0. The first-order valence-electron chi connectivity index (χ1n) is 5.81. The van der Waals surface area contributed by atoms with Crippen LogP contribution in [0.15, 0.2) is 6.07 Å². The van der Waals surface area contributed by atoms with Crippen LogP contribution in [0.5, 0.6) is 0 Å². The fourth-order valence-electron chi connectivity index (χ4n) is 2.48. The Hall–Kier alpha value is -1.48. The van der Waals surface area contributed by atoms with Crippen LogP contribution in [0.1, 0.15) is 40.8 Å². The third kappa shape index (κ3) is 1.80. The molecule has 0 saturated carbocycles. The highest BCUT2D eigenvalue weighted by atomic mass is 16.2. The molecule has 90 valence electrons. The van der Waals surface area contributed by atoms with Gasteiger partial charge in [-0.05, 0) is 48.6 Å². The molecule has 0 saturated heterocycles. The Morgan fingerprint density at radius 3 is 2.47 bits per heavy atom. The summed E-state index contributed by atoms with van der Waals surface area (Å²) < 4.78 is 0. The first-order valence-corrected chi connectivity index (χ1v) is 5.81. The van der Waals surface area contributed by atoms with Crippen LogP contribution in [0.25, 0.3) is 0 Å². The van der Waals surface area contributed by atoms with Crippen molar-refractivity contribution in [1.82, 2.24) is 5.32 Å². The molecule has 3 nitrogen and oxygen atoms in total. The second-order valence-corrected chi connectivity index (χ2v) is 4.75. The second-order valence-electron chi connectivity index (χ2n) is 4.75. The van der Waals surface area contributed by atoms with Crippen molar-refractivity contribution in [2.24, 2.45) is 0 Å². The highest BCUT2D eigenvalue weighted by molar-refractivity contribution is 6.38. The fraction of sp³-hybridized carbons (Fsp3) is 0.429. The van der Waals surface area contributed by atoms with Gasteiger partial charge in [0.2, 0.25) is 5.78 Å². The van der Waals surface area contributed by atoms with Gasteiger partial charge in [-0.25, -0.2) is 0 Å². The Morgan fingerprint density at radius 1 is 1.24 bits per heavy atom. The van der Waals surface area contributed by atoms with Gasteiger partial charge in [-0.1, -0.05) is 6.07 Å². The van der Waals surface area contributed by atoms with Crippen molar-refractivity contribution >= 4 is 11.6 Å². The average molecular weight is 231 g/mol. The van der Waals surface area contributed by atoms with E-state index in [1.807, 2.05) is 6.92 Å². The van der Waals surface area contributed by atoms with Crippen LogP contribution in [0.4, 0.5) is 0 Å². The molecular weight excluding hydrogens is 214 g/mol. The Morgan fingerprint density at radius 2 is 1.88 bits per heavy atom. The molecule has 0 spiro atoms. The van der Waals surface area contributed by atoms with E-state index >= 15 is 0 Å². The standard InChI is InChI=1S/C14H17NO2/c1-7-5-11-6-15-13(14(17)10(4)16)12(11)9(3)8(7)2/h5,13,15H,6H2,1-4H3. The third-order valence-electron chi connectivity index (χ3n) is 3.69. The Kier molecular flexibility index (Phi) is 2.87. The molecule has 1 atom stereocenters. The number of ketones is 2. The molecule has 1 aliphatic rings. The molecule has 1 N–H and O–H groups in total. The average Bonchev–Trinajstić information content (AvgIpc) is 2.68. The SMILES string of the molecule is CC(=O)C(=O)C1NCc2cc(C)c(C)c(C)c21. The van der Waals surface area contributed by atoms with E-state index in [0.29, 0.717) is 6.54 Å². The maximum absolute atomic E-state index is 11.8. The van der Waals surface area contributed by atoms with Crippen molar-refractivity contribution in [1.29, 1.82) is 0 Å². The minimum atomic E-state index is -0.443. The number of hydrogen-bond acceptors (Lipinski definition) is 3. The summed E-state index contributed by atoms with van der Waals surface area (Å²) in [6.45, 7) is 8.15. The predicted molar refractivity (Wildman–Crippen MR) is 65.9 cm³/mol. The van der Waals surface area contributed by atoms with Gasteiger partial charge in [-0.2, -0.15) is 0 Å². The second kappa shape index (κ2) is 4.08. The first kappa shape index (κ1) is 12.0. The van der Waals surface area contributed by atoms with Gasteiger partial charge in [-0.15, -0.1) is 0 Å². The number of carbonyl (C=O) groups excluding carboxylic acids is 2. The number of carbonyl (C=O) groups is 2. The topological polar surface area (TPSA) is 46.2 Å². The van der Waals surface area contributed by atoms with Crippen LogP contribution in [-0.4, -0.2) is 11.6 Å². The number of Topliss-reactive ketones (excluding diaryl/α,β-unsaturated/α-hetero) is 2. The van der Waals surface area contributed by atoms with Crippen LogP contribution in [0, 0.1) is 20.8 Å². The van der Waals surface area contributed by atoms with Crippen molar-refractivity contribution in [3.05, 3.63) is 33.9 Å². The van der Waals surface area contributed by atoms with E-state index in [1.54, 1.807) is 0 Å². The molecule has 1 unspecified atom stereocenters. The van der Waals surface area contributed by atoms with Gasteiger partial charge >= 0.3 is 0 Å². The van der Waals surface area contributed by atoms with Crippen molar-refractivity contribution in [3.63, 3.8) is 0 Å². The van der Waals surface area contributed by atoms with Gasteiger partial charge in [0.1, 0.15) is 6.04 Å². The molecule has 0 aliphatic carbocycles. The van der Waals surface area contributed by atoms with E-state index in [0.717, 1.165) is 16.7 Å². The summed E-state index contributed by atoms with van der Waals surface area (Å²) in [6, 6.07) is 1.67. The van der Waals surface area contributed by atoms with Crippen molar-refractivity contribution in [2.45, 2.75) is 40.3 Å². The lowest BCUT2D eigenvalue weighted by Gasteiger charge is -2.15. The van der Waals surface area contributed by atoms with Crippen LogP contribution in [0.2, 0.25) is 0 Å². The molecule has 0 aromatic heterocycles. The van der Waals surface area contributed by atoms with Gasteiger partial charge in [0.25, 0.3) is 0 Å². The lowest BCUT2D eigenvalue weighted by atomic mass is 9.90. The Bertz CT molecular complexity index is 517.